The molecule has 0 fully saturated rings. The van der Waals surface area contributed by atoms with E-state index in [1.807, 2.05) is 12.1 Å². The SMILES string of the molecule is Nc1ccc(SCC2Cc3cc(F)ccc3O2)cc1Cl. The fourth-order valence-corrected chi connectivity index (χ4v) is 3.34. The van der Waals surface area contributed by atoms with Gasteiger partial charge < -0.3 is 10.5 Å². The van der Waals surface area contributed by atoms with E-state index < -0.39 is 0 Å². The fourth-order valence-electron chi connectivity index (χ4n) is 2.17. The van der Waals surface area contributed by atoms with Gasteiger partial charge in [0.25, 0.3) is 0 Å². The Morgan fingerprint density at radius 3 is 2.95 bits per heavy atom. The Bertz CT molecular complexity index is 650. The molecule has 0 saturated heterocycles. The van der Waals surface area contributed by atoms with Gasteiger partial charge in [-0.3, -0.25) is 0 Å². The topological polar surface area (TPSA) is 35.2 Å². The van der Waals surface area contributed by atoms with Crippen molar-refractivity contribution in [2.75, 3.05) is 11.5 Å². The first-order valence-corrected chi connectivity index (χ1v) is 7.61. The zero-order valence-corrected chi connectivity index (χ0v) is 12.2. The predicted octanol–water partition coefficient (Wildman–Crippen LogP) is 4.16. The average Bonchev–Trinajstić information content (AvgIpc) is 2.82. The van der Waals surface area contributed by atoms with E-state index in [2.05, 4.69) is 0 Å². The smallest absolute Gasteiger partial charge is 0.123 e. The number of nitrogen functional groups attached to an aromatic ring is 1. The van der Waals surface area contributed by atoms with Crippen LogP contribution in [0.15, 0.2) is 41.3 Å². The van der Waals surface area contributed by atoms with Crippen molar-refractivity contribution in [2.24, 2.45) is 0 Å². The molecule has 20 heavy (non-hydrogen) atoms. The molecule has 2 N–H and O–H groups in total. The van der Waals surface area contributed by atoms with Crippen molar-refractivity contribution < 1.29 is 9.13 Å². The number of thioether (sulfide) groups is 1. The summed E-state index contributed by atoms with van der Waals surface area (Å²) in [7, 11) is 0. The third kappa shape index (κ3) is 2.86. The molecule has 1 atom stereocenters. The lowest BCUT2D eigenvalue weighted by molar-refractivity contribution is 0.259. The molecular weight excluding hydrogens is 297 g/mol. The number of halogens is 2. The van der Waals surface area contributed by atoms with Crippen LogP contribution in [0.3, 0.4) is 0 Å². The van der Waals surface area contributed by atoms with Crippen LogP contribution in [0.25, 0.3) is 0 Å². The maximum absolute atomic E-state index is 13.1. The first kappa shape index (κ1) is 13.6. The van der Waals surface area contributed by atoms with Crippen molar-refractivity contribution in [1.82, 2.24) is 0 Å². The third-order valence-corrected chi connectivity index (χ3v) is 4.62. The van der Waals surface area contributed by atoms with Crippen LogP contribution in [0.2, 0.25) is 5.02 Å². The molecule has 0 amide bonds. The van der Waals surface area contributed by atoms with Crippen LogP contribution in [0.1, 0.15) is 5.56 Å². The Morgan fingerprint density at radius 2 is 2.15 bits per heavy atom. The van der Waals surface area contributed by atoms with Crippen LogP contribution in [-0.4, -0.2) is 11.9 Å². The highest BCUT2D eigenvalue weighted by Crippen LogP contribution is 2.33. The number of hydrogen-bond donors (Lipinski definition) is 1. The molecule has 2 aromatic rings. The Kier molecular flexibility index (Phi) is 3.76. The summed E-state index contributed by atoms with van der Waals surface area (Å²) in [6.07, 6.45) is 0.802. The van der Waals surface area contributed by atoms with Crippen molar-refractivity contribution in [3.05, 3.63) is 52.8 Å². The number of ether oxygens (including phenoxy) is 1. The largest absolute Gasteiger partial charge is 0.489 e. The number of hydrogen-bond acceptors (Lipinski definition) is 3. The lowest BCUT2D eigenvalue weighted by Gasteiger charge is -2.10. The molecular formula is C15H13ClFNOS. The number of fused-ring (bicyclic) bond motifs is 1. The first-order chi connectivity index (χ1) is 9.61. The van der Waals surface area contributed by atoms with E-state index in [9.17, 15) is 4.39 Å². The quantitative estimate of drug-likeness (QED) is 0.683. The molecule has 0 radical (unpaired) electrons. The average molecular weight is 310 g/mol. The van der Waals surface area contributed by atoms with Gasteiger partial charge in [-0.25, -0.2) is 4.39 Å². The lowest BCUT2D eigenvalue weighted by Crippen LogP contribution is -2.15. The van der Waals surface area contributed by atoms with Gasteiger partial charge in [-0.1, -0.05) is 11.6 Å². The van der Waals surface area contributed by atoms with E-state index in [-0.39, 0.29) is 11.9 Å². The minimum Gasteiger partial charge on any atom is -0.489 e. The predicted molar refractivity (Wildman–Crippen MR) is 81.1 cm³/mol. The second-order valence-electron chi connectivity index (χ2n) is 4.69. The van der Waals surface area contributed by atoms with Gasteiger partial charge in [0.05, 0.1) is 10.7 Å². The van der Waals surface area contributed by atoms with Crippen molar-refractivity contribution in [1.29, 1.82) is 0 Å². The van der Waals surface area contributed by atoms with E-state index in [0.717, 1.165) is 28.4 Å². The second kappa shape index (κ2) is 5.54. The molecule has 1 aliphatic rings. The lowest BCUT2D eigenvalue weighted by atomic mass is 10.1. The molecule has 0 bridgehead atoms. The highest BCUT2D eigenvalue weighted by atomic mass is 35.5. The van der Waals surface area contributed by atoms with Gasteiger partial charge in [0.2, 0.25) is 0 Å². The van der Waals surface area contributed by atoms with Gasteiger partial charge in [-0.05, 0) is 36.4 Å². The van der Waals surface area contributed by atoms with Gasteiger partial charge in [0.1, 0.15) is 17.7 Å². The Labute approximate surface area is 126 Å². The van der Waals surface area contributed by atoms with E-state index in [0.29, 0.717) is 10.7 Å². The van der Waals surface area contributed by atoms with Crippen molar-refractivity contribution >= 4 is 29.1 Å². The summed E-state index contributed by atoms with van der Waals surface area (Å²) in [5, 5.41) is 0.563. The fraction of sp³-hybridized carbons (Fsp3) is 0.200. The van der Waals surface area contributed by atoms with Crippen LogP contribution in [0, 0.1) is 5.82 Å². The summed E-state index contributed by atoms with van der Waals surface area (Å²) in [6.45, 7) is 0. The third-order valence-electron chi connectivity index (χ3n) is 3.17. The number of nitrogens with two attached hydrogens (primary N) is 1. The molecule has 5 heteroatoms. The Morgan fingerprint density at radius 1 is 1.30 bits per heavy atom. The summed E-state index contributed by atoms with van der Waals surface area (Å²) < 4.78 is 18.9. The highest BCUT2D eigenvalue weighted by Gasteiger charge is 2.23. The van der Waals surface area contributed by atoms with E-state index in [1.54, 1.807) is 30.0 Å². The Balaban J connectivity index is 1.62. The monoisotopic (exact) mass is 309 g/mol. The summed E-state index contributed by atoms with van der Waals surface area (Å²) in [5.74, 6) is 1.36. The zero-order valence-electron chi connectivity index (χ0n) is 10.6. The minimum absolute atomic E-state index is 0.0631. The summed E-state index contributed by atoms with van der Waals surface area (Å²) in [6, 6.07) is 10.2. The molecule has 2 nitrogen and oxygen atoms in total. The van der Waals surface area contributed by atoms with Gasteiger partial charge in [0, 0.05) is 22.6 Å². The van der Waals surface area contributed by atoms with E-state index in [1.165, 1.54) is 6.07 Å². The van der Waals surface area contributed by atoms with Crippen LogP contribution in [0.4, 0.5) is 10.1 Å². The van der Waals surface area contributed by atoms with E-state index >= 15 is 0 Å². The zero-order chi connectivity index (χ0) is 14.1. The van der Waals surface area contributed by atoms with Crippen LogP contribution < -0.4 is 10.5 Å². The van der Waals surface area contributed by atoms with E-state index in [4.69, 9.17) is 22.1 Å². The number of rotatable bonds is 3. The molecule has 3 rings (SSSR count). The number of benzene rings is 2. The Hall–Kier alpha value is -1.39. The van der Waals surface area contributed by atoms with Crippen molar-refractivity contribution in [2.45, 2.75) is 17.4 Å². The summed E-state index contributed by atoms with van der Waals surface area (Å²) in [5.41, 5.74) is 7.19. The van der Waals surface area contributed by atoms with Crippen LogP contribution in [-0.2, 0) is 6.42 Å². The van der Waals surface area contributed by atoms with Gasteiger partial charge in [-0.15, -0.1) is 11.8 Å². The molecule has 104 valence electrons. The van der Waals surface area contributed by atoms with Gasteiger partial charge in [0.15, 0.2) is 0 Å². The number of anilines is 1. The molecule has 0 aliphatic carbocycles. The molecule has 0 spiro atoms. The van der Waals surface area contributed by atoms with Crippen LogP contribution >= 0.6 is 23.4 Å². The molecule has 1 unspecified atom stereocenters. The maximum atomic E-state index is 13.1. The molecule has 1 heterocycles. The second-order valence-corrected chi connectivity index (χ2v) is 6.19. The maximum Gasteiger partial charge on any atom is 0.123 e. The summed E-state index contributed by atoms with van der Waals surface area (Å²) >= 11 is 7.65. The minimum atomic E-state index is -0.217. The van der Waals surface area contributed by atoms with Gasteiger partial charge in [-0.2, -0.15) is 0 Å². The standard InChI is InChI=1S/C15H13ClFNOS/c16-13-7-12(2-3-14(13)18)20-8-11-6-9-5-10(17)1-4-15(9)19-11/h1-5,7,11H,6,8,18H2. The van der Waals surface area contributed by atoms with Crippen LogP contribution in [0.5, 0.6) is 5.75 Å². The molecule has 0 aromatic heterocycles. The molecule has 0 saturated carbocycles. The summed E-state index contributed by atoms with van der Waals surface area (Å²) in [4.78, 5) is 1.05. The highest BCUT2D eigenvalue weighted by molar-refractivity contribution is 7.99. The molecule has 1 aliphatic heterocycles. The van der Waals surface area contributed by atoms with Gasteiger partial charge >= 0.3 is 0 Å². The molecule has 2 aromatic carbocycles. The normalized spacial score (nSPS) is 16.8. The van der Waals surface area contributed by atoms with Crippen molar-refractivity contribution in [3.63, 3.8) is 0 Å². The first-order valence-electron chi connectivity index (χ1n) is 6.25. The van der Waals surface area contributed by atoms with Crippen molar-refractivity contribution in [3.8, 4) is 5.75 Å².